The minimum Gasteiger partial charge on any atom is -0.481 e. The van der Waals surface area contributed by atoms with Crippen LogP contribution in [0.25, 0.3) is 22.3 Å². The van der Waals surface area contributed by atoms with Crippen LogP contribution in [0.4, 0.5) is 11.4 Å². The van der Waals surface area contributed by atoms with Gasteiger partial charge in [0.1, 0.15) is 11.5 Å². The fraction of sp³-hybridized carbons (Fsp3) is 0.250. The third-order valence-electron chi connectivity index (χ3n) is 10.4. The fourth-order valence-electron chi connectivity index (χ4n) is 7.56. The van der Waals surface area contributed by atoms with E-state index in [1.807, 2.05) is 53.4 Å². The number of carboxylic acid groups (broad SMARTS) is 1. The molecular formula is C44H45N3O4S. The largest absolute Gasteiger partial charge is 0.481 e. The molecule has 52 heavy (non-hydrogen) atoms. The molecule has 2 aliphatic rings. The smallest absolute Gasteiger partial charge is 0.307 e. The first kappa shape index (κ1) is 35.1. The van der Waals surface area contributed by atoms with Crippen molar-refractivity contribution in [3.63, 3.8) is 0 Å². The predicted molar refractivity (Wildman–Crippen MR) is 215 cm³/mol. The van der Waals surface area contributed by atoms with Gasteiger partial charge in [-0.1, -0.05) is 54.1 Å². The zero-order valence-corrected chi connectivity index (χ0v) is 31.3. The summed E-state index contributed by atoms with van der Waals surface area (Å²) in [7, 11) is -0.200. The predicted octanol–water partition coefficient (Wildman–Crippen LogP) is 9.28. The maximum absolute atomic E-state index is 14.1. The van der Waals surface area contributed by atoms with Crippen LogP contribution in [0.3, 0.4) is 0 Å². The maximum Gasteiger partial charge on any atom is 0.307 e. The molecule has 2 aliphatic heterocycles. The summed E-state index contributed by atoms with van der Waals surface area (Å²) in [5, 5.41) is 12.3. The van der Waals surface area contributed by atoms with Gasteiger partial charge in [0.2, 0.25) is 0 Å². The molecule has 8 heteroatoms. The lowest BCUT2D eigenvalue weighted by Crippen LogP contribution is -2.48. The molecule has 7 rings (SSSR count). The van der Waals surface area contributed by atoms with Crippen LogP contribution in [-0.2, 0) is 17.8 Å². The lowest BCUT2D eigenvalue weighted by atomic mass is 9.80. The van der Waals surface area contributed by atoms with E-state index in [0.717, 1.165) is 86.0 Å². The van der Waals surface area contributed by atoms with Crippen LogP contribution in [0, 0.1) is 20.8 Å². The number of nitrogens with zero attached hydrogens (tertiary/aromatic N) is 3. The van der Waals surface area contributed by atoms with Crippen LogP contribution < -0.4 is 13.9 Å². The fourth-order valence-corrected chi connectivity index (χ4v) is 8.67. The first-order valence-corrected chi connectivity index (χ1v) is 19.5. The van der Waals surface area contributed by atoms with Crippen LogP contribution in [0.5, 0.6) is 11.5 Å². The van der Waals surface area contributed by atoms with E-state index in [9.17, 15) is 14.7 Å². The first-order chi connectivity index (χ1) is 25.1. The van der Waals surface area contributed by atoms with Gasteiger partial charge >= 0.3 is 5.97 Å². The Kier molecular flexibility index (Phi) is 9.93. The van der Waals surface area contributed by atoms with Gasteiger partial charge in [0.05, 0.1) is 18.7 Å². The minimum atomic E-state index is -0.849. The average molecular weight is 712 g/mol. The molecule has 0 bridgehead atoms. The Morgan fingerprint density at radius 3 is 2.13 bits per heavy atom. The van der Waals surface area contributed by atoms with Crippen LogP contribution in [0.15, 0.2) is 97.1 Å². The van der Waals surface area contributed by atoms with Crippen molar-refractivity contribution in [1.29, 1.82) is 0 Å². The number of rotatable bonds is 8. The number of piperazine rings is 1. The van der Waals surface area contributed by atoms with E-state index in [0.29, 0.717) is 25.2 Å². The summed E-state index contributed by atoms with van der Waals surface area (Å²) in [5.74, 6) is 0.779. The molecule has 266 valence electrons. The van der Waals surface area contributed by atoms with Crippen molar-refractivity contribution >= 4 is 39.3 Å². The third-order valence-corrected chi connectivity index (χ3v) is 12.1. The molecule has 7 nitrogen and oxygen atoms in total. The highest BCUT2D eigenvalue weighted by atomic mass is 32.2. The van der Waals surface area contributed by atoms with Crippen molar-refractivity contribution in [1.82, 2.24) is 4.90 Å². The van der Waals surface area contributed by atoms with Gasteiger partial charge < -0.3 is 23.9 Å². The van der Waals surface area contributed by atoms with Crippen molar-refractivity contribution in [2.45, 2.75) is 40.7 Å². The number of hydrogen-bond acceptors (Lipinski definition) is 5. The normalized spacial score (nSPS) is 14.5. The second-order valence-electron chi connectivity index (χ2n) is 13.6. The number of para-hydroxylation sites is 1. The Labute approximate surface area is 309 Å². The second kappa shape index (κ2) is 14.7. The average Bonchev–Trinajstić information content (AvgIpc) is 3.16. The van der Waals surface area contributed by atoms with Gasteiger partial charge in [-0.3, -0.25) is 9.59 Å². The first-order valence-electron chi connectivity index (χ1n) is 17.8. The third kappa shape index (κ3) is 6.83. The van der Waals surface area contributed by atoms with Crippen molar-refractivity contribution < 1.29 is 19.4 Å². The summed E-state index contributed by atoms with van der Waals surface area (Å²) in [6, 6.07) is 32.4. The minimum absolute atomic E-state index is 0.0332. The van der Waals surface area contributed by atoms with Crippen LogP contribution in [-0.4, -0.2) is 59.7 Å². The van der Waals surface area contributed by atoms with Crippen molar-refractivity contribution in [2.24, 2.45) is 0 Å². The Hall–Kier alpha value is -5.34. The van der Waals surface area contributed by atoms with Crippen molar-refractivity contribution in [2.75, 3.05) is 41.6 Å². The number of aliphatic carboxylic acids is 1. The summed E-state index contributed by atoms with van der Waals surface area (Å²) in [5.41, 5.74) is 12.2. The Bertz CT molecular complexity index is 2170. The maximum atomic E-state index is 14.1. The molecule has 5 aromatic rings. The molecule has 1 saturated heterocycles. The van der Waals surface area contributed by atoms with E-state index in [4.69, 9.17) is 4.74 Å². The number of hydrogen-bond donors (Lipinski definition) is 1. The number of aryl methyl sites for hydroxylation is 1. The van der Waals surface area contributed by atoms with E-state index in [1.54, 1.807) is 0 Å². The monoisotopic (exact) mass is 711 g/mol. The lowest BCUT2D eigenvalue weighted by Gasteiger charge is -2.38. The summed E-state index contributed by atoms with van der Waals surface area (Å²) >= 11 is 0. The van der Waals surface area contributed by atoms with Gasteiger partial charge in [-0.25, -0.2) is 0 Å². The van der Waals surface area contributed by atoms with E-state index in [2.05, 4.69) is 97.1 Å². The molecule has 1 fully saturated rings. The van der Waals surface area contributed by atoms with E-state index < -0.39 is 5.97 Å². The highest BCUT2D eigenvalue weighted by Gasteiger charge is 2.32. The number of benzene rings is 5. The molecule has 0 aromatic heterocycles. The van der Waals surface area contributed by atoms with Crippen molar-refractivity contribution in [3.05, 3.63) is 130 Å². The number of fused-ring (bicyclic) bond motifs is 3. The zero-order chi connectivity index (χ0) is 36.5. The lowest BCUT2D eigenvalue weighted by molar-refractivity contribution is -0.136. The summed E-state index contributed by atoms with van der Waals surface area (Å²) in [6.45, 7) is 11.7. The molecule has 1 amide bonds. The molecule has 5 aromatic carbocycles. The number of ether oxygens (including phenoxy) is 1. The highest BCUT2D eigenvalue weighted by molar-refractivity contribution is 8.15. The van der Waals surface area contributed by atoms with Gasteiger partial charge in [0.15, 0.2) is 0 Å². The van der Waals surface area contributed by atoms with Crippen LogP contribution in [0.2, 0.25) is 0 Å². The molecule has 1 atom stereocenters. The van der Waals surface area contributed by atoms with Crippen LogP contribution >= 0.6 is 10.7 Å². The number of carboxylic acids is 1. The van der Waals surface area contributed by atoms with Gasteiger partial charge in [-0.2, -0.15) is 0 Å². The van der Waals surface area contributed by atoms with E-state index >= 15 is 0 Å². The quantitative estimate of drug-likeness (QED) is 0.162. The molecule has 0 radical (unpaired) electrons. The van der Waals surface area contributed by atoms with Crippen molar-refractivity contribution in [3.8, 4) is 33.8 Å². The topological polar surface area (TPSA) is 73.3 Å². The summed E-state index contributed by atoms with van der Waals surface area (Å²) in [6.07, 6.45) is 2.14. The highest BCUT2D eigenvalue weighted by Crippen LogP contribution is 2.51. The number of carbonyl (C=O) groups is 2. The van der Waals surface area contributed by atoms with Crippen LogP contribution in [0.1, 0.15) is 45.1 Å². The zero-order valence-electron chi connectivity index (χ0n) is 30.5. The van der Waals surface area contributed by atoms with Gasteiger partial charge in [-0.05, 0) is 127 Å². The van der Waals surface area contributed by atoms with Gasteiger partial charge in [-0.15, -0.1) is 10.7 Å². The molecular weight excluding hydrogens is 667 g/mol. The molecule has 0 spiro atoms. The Morgan fingerprint density at radius 2 is 1.48 bits per heavy atom. The molecule has 1 unspecified atom stereocenters. The molecule has 0 saturated carbocycles. The number of carbonyl (C=O) groups excluding carboxylic acids is 1. The molecule has 2 heterocycles. The Balaban J connectivity index is 1.19. The summed E-state index contributed by atoms with van der Waals surface area (Å²) in [4.78, 5) is 30.7. The van der Waals surface area contributed by atoms with E-state index in [-0.39, 0.29) is 23.0 Å². The number of amides is 1. The SMILES string of the molecule is C/C=S(/C)N1Cc2ccc(C(=O)N3CCN(c4ccc(Oc5ccccc5)cc4)CC3)cc2-c2c(C)c(-c3ccc(C)cc3)c(CC(=O)O)c(C)c21. The molecule has 1 N–H and O–H groups in total. The second-order valence-corrected chi connectivity index (χ2v) is 15.6. The standard InChI is InChI=1S/C44H45N3O4S/c1-6-52(5)47-28-34-17-16-33(44(50)46-24-22-45(23-25-46)35-18-20-37(21-19-35)51-36-10-8-7-9-11-36)26-39(34)42-31(4)41(32-14-12-29(2)13-15-32)38(27-40(48)49)30(3)43(42)47/h6-21,26H,22-25,27-28H2,1-5H3,(H,48,49). The van der Waals surface area contributed by atoms with E-state index in [1.165, 1.54) is 0 Å². The summed E-state index contributed by atoms with van der Waals surface area (Å²) < 4.78 is 8.38. The number of anilines is 2. The van der Waals surface area contributed by atoms with Gasteiger partial charge in [0, 0.05) is 43.0 Å². The van der Waals surface area contributed by atoms with Gasteiger partial charge in [0.25, 0.3) is 5.91 Å². The molecule has 0 aliphatic carbocycles. The Morgan fingerprint density at radius 1 is 0.808 bits per heavy atom.